The first-order valence-electron chi connectivity index (χ1n) is 14.0. The molecule has 6 rings (SSSR count). The Balaban J connectivity index is 1.48. The maximum Gasteiger partial charge on any atom is 0.233 e. The lowest BCUT2D eigenvalue weighted by Gasteiger charge is -2.53. The van der Waals surface area contributed by atoms with Crippen molar-refractivity contribution in [3.05, 3.63) is 34.9 Å². The van der Waals surface area contributed by atoms with E-state index in [1.807, 2.05) is 18.2 Å². The van der Waals surface area contributed by atoms with Crippen molar-refractivity contribution in [3.63, 3.8) is 0 Å². The monoisotopic (exact) mass is 561 g/mol. The van der Waals surface area contributed by atoms with E-state index < -0.39 is 64.3 Å². The van der Waals surface area contributed by atoms with E-state index in [0.29, 0.717) is 16.6 Å². The Bertz CT molecular complexity index is 1550. The Labute approximate surface area is 237 Å². The average molecular weight is 562 g/mol. The van der Waals surface area contributed by atoms with Gasteiger partial charge in [-0.1, -0.05) is 12.1 Å². The minimum atomic E-state index is -2.51. The number of nitrogens with one attached hydrogen (secondary N) is 2. The summed E-state index contributed by atoms with van der Waals surface area (Å²) in [7, 11) is 4.95. The SMILES string of the molecule is CNc1c2c(c(O)c3cc(CN4CCC4)ccc13)C(=O)C1C(=O)C3(O)C(=N)C(C(N)=O)C(=O)C(N(C)C)C3CC1C2. The van der Waals surface area contributed by atoms with Gasteiger partial charge in [-0.25, -0.2) is 0 Å². The number of fused-ring (bicyclic) bond motifs is 4. The lowest BCUT2D eigenvalue weighted by Crippen LogP contribution is -2.73. The van der Waals surface area contributed by atoms with Crippen LogP contribution in [-0.4, -0.2) is 94.9 Å². The van der Waals surface area contributed by atoms with Crippen LogP contribution in [0.15, 0.2) is 18.2 Å². The normalized spacial score (nSPS) is 31.5. The predicted molar refractivity (Wildman–Crippen MR) is 151 cm³/mol. The lowest BCUT2D eigenvalue weighted by molar-refractivity contribution is -0.157. The number of likely N-dealkylation sites (N-methyl/N-ethyl adjacent to an activating group) is 1. The van der Waals surface area contributed by atoms with Crippen LogP contribution in [0, 0.1) is 29.1 Å². The third kappa shape index (κ3) is 3.72. The molecule has 1 amide bonds. The number of nitrogens with zero attached hydrogens (tertiary/aromatic N) is 2. The number of aliphatic hydroxyl groups is 1. The standard InChI is InChI=1S/C30H35N5O6/c1-33-22-15-6-5-13(12-35-7-4-8-35)9-16(15)24(36)20-17(22)10-14-11-18-23(34(2)3)26(38)21(29(32)40)27(31)30(18,41)28(39)19(14)25(20)37/h5-6,9,14,18-19,21,23,31,33,36,41H,4,7-8,10-12H2,1-3H3,(H2,32,40). The highest BCUT2D eigenvalue weighted by Gasteiger charge is 2.67. The van der Waals surface area contributed by atoms with Crippen LogP contribution in [-0.2, 0) is 27.3 Å². The van der Waals surface area contributed by atoms with Gasteiger partial charge in [0.2, 0.25) is 5.91 Å². The molecule has 2 aromatic rings. The van der Waals surface area contributed by atoms with Crippen molar-refractivity contribution in [2.75, 3.05) is 39.5 Å². The number of Topliss-reactive ketones (excluding diaryl/α,β-unsaturated/α-hetero) is 3. The second-order valence-corrected chi connectivity index (χ2v) is 12.2. The van der Waals surface area contributed by atoms with Crippen molar-refractivity contribution < 1.29 is 29.4 Å². The number of carbonyl (C=O) groups excluding carboxylic acids is 4. The molecule has 1 heterocycles. The van der Waals surface area contributed by atoms with Crippen molar-refractivity contribution in [2.24, 2.45) is 29.4 Å². The van der Waals surface area contributed by atoms with Crippen LogP contribution < -0.4 is 11.1 Å². The fourth-order valence-electron chi connectivity index (χ4n) is 7.76. The van der Waals surface area contributed by atoms with E-state index in [-0.39, 0.29) is 24.2 Å². The zero-order valence-electron chi connectivity index (χ0n) is 23.4. The van der Waals surface area contributed by atoms with Gasteiger partial charge >= 0.3 is 0 Å². The molecule has 0 spiro atoms. The van der Waals surface area contributed by atoms with Gasteiger partial charge in [-0.2, -0.15) is 0 Å². The first-order chi connectivity index (χ1) is 19.4. The number of ketones is 3. The van der Waals surface area contributed by atoms with E-state index in [1.54, 1.807) is 21.1 Å². The number of amides is 1. The van der Waals surface area contributed by atoms with Crippen molar-refractivity contribution >= 4 is 45.4 Å². The summed E-state index contributed by atoms with van der Waals surface area (Å²) >= 11 is 0. The van der Waals surface area contributed by atoms with Crippen molar-refractivity contribution in [1.82, 2.24) is 9.80 Å². The number of hydrogen-bond acceptors (Lipinski definition) is 10. The number of anilines is 1. The van der Waals surface area contributed by atoms with E-state index in [1.165, 1.54) is 4.90 Å². The van der Waals surface area contributed by atoms with Gasteiger partial charge in [-0.05, 0) is 69.6 Å². The molecular formula is C30H35N5O6. The molecule has 2 saturated carbocycles. The van der Waals surface area contributed by atoms with E-state index >= 15 is 0 Å². The van der Waals surface area contributed by atoms with Gasteiger partial charge < -0.3 is 26.7 Å². The molecule has 3 fully saturated rings. The number of primary amides is 1. The molecule has 11 heteroatoms. The Morgan fingerprint density at radius 3 is 2.51 bits per heavy atom. The number of nitrogens with two attached hydrogens (primary N) is 1. The number of phenolic OH excluding ortho intramolecular Hbond substituents is 1. The maximum atomic E-state index is 14.2. The van der Waals surface area contributed by atoms with E-state index in [2.05, 4.69) is 10.2 Å². The van der Waals surface area contributed by atoms with Gasteiger partial charge in [0, 0.05) is 36.0 Å². The molecule has 6 N–H and O–H groups in total. The summed E-state index contributed by atoms with van der Waals surface area (Å²) in [6.45, 7) is 2.74. The summed E-state index contributed by atoms with van der Waals surface area (Å²) in [4.78, 5) is 57.7. The molecule has 3 aliphatic carbocycles. The van der Waals surface area contributed by atoms with Crippen LogP contribution in [0.25, 0.3) is 10.8 Å². The highest BCUT2D eigenvalue weighted by atomic mass is 16.3. The first-order valence-corrected chi connectivity index (χ1v) is 14.0. The zero-order valence-corrected chi connectivity index (χ0v) is 23.4. The topological polar surface area (TPSA) is 177 Å². The summed E-state index contributed by atoms with van der Waals surface area (Å²) < 4.78 is 0. The number of benzene rings is 2. The first kappa shape index (κ1) is 27.5. The van der Waals surface area contributed by atoms with Crippen LogP contribution in [0.2, 0.25) is 0 Å². The van der Waals surface area contributed by atoms with Crippen molar-refractivity contribution in [1.29, 1.82) is 5.41 Å². The van der Waals surface area contributed by atoms with Crippen LogP contribution in [0.4, 0.5) is 5.69 Å². The number of phenols is 1. The summed E-state index contributed by atoms with van der Waals surface area (Å²) in [6.07, 6.45) is 1.49. The molecule has 216 valence electrons. The predicted octanol–water partition coefficient (Wildman–Crippen LogP) is 0.718. The average Bonchev–Trinajstić information content (AvgIpc) is 2.88. The number of carbonyl (C=O) groups is 4. The molecule has 6 atom stereocenters. The van der Waals surface area contributed by atoms with E-state index in [0.717, 1.165) is 37.0 Å². The maximum absolute atomic E-state index is 14.2. The summed E-state index contributed by atoms with van der Waals surface area (Å²) in [5.74, 6) is -8.22. The Kier molecular flexibility index (Phi) is 6.33. The molecule has 0 aromatic heterocycles. The van der Waals surface area contributed by atoms with Gasteiger partial charge in [0.25, 0.3) is 0 Å². The van der Waals surface area contributed by atoms with Crippen LogP contribution in [0.3, 0.4) is 0 Å². The number of rotatable bonds is 5. The highest BCUT2D eigenvalue weighted by molar-refractivity contribution is 6.33. The number of aromatic hydroxyl groups is 1. The van der Waals surface area contributed by atoms with Crippen LogP contribution in [0.1, 0.15) is 34.3 Å². The summed E-state index contributed by atoms with van der Waals surface area (Å²) in [5, 5.41) is 36.5. The van der Waals surface area contributed by atoms with E-state index in [4.69, 9.17) is 11.1 Å². The lowest BCUT2D eigenvalue weighted by atomic mass is 9.52. The van der Waals surface area contributed by atoms with E-state index in [9.17, 15) is 29.4 Å². The highest BCUT2D eigenvalue weighted by Crippen LogP contribution is 2.53. The van der Waals surface area contributed by atoms with Crippen LogP contribution in [0.5, 0.6) is 5.75 Å². The van der Waals surface area contributed by atoms with Crippen molar-refractivity contribution in [3.8, 4) is 5.75 Å². The Morgan fingerprint density at radius 2 is 1.93 bits per heavy atom. The fraction of sp³-hybridized carbons (Fsp3) is 0.500. The van der Waals surface area contributed by atoms with Gasteiger partial charge in [-0.15, -0.1) is 0 Å². The third-order valence-electron chi connectivity index (χ3n) is 9.77. The number of hydrogen-bond donors (Lipinski definition) is 5. The molecule has 2 aromatic carbocycles. The Morgan fingerprint density at radius 1 is 1.22 bits per heavy atom. The van der Waals surface area contributed by atoms with Gasteiger partial charge in [0.1, 0.15) is 11.7 Å². The molecule has 6 unspecified atom stereocenters. The summed E-state index contributed by atoms with van der Waals surface area (Å²) in [5.41, 5.74) is 4.49. The van der Waals surface area contributed by atoms with Gasteiger partial charge in [-0.3, -0.25) is 29.0 Å². The van der Waals surface area contributed by atoms with Crippen molar-refractivity contribution in [2.45, 2.75) is 37.5 Å². The van der Waals surface area contributed by atoms with Gasteiger partial charge in [0.05, 0.1) is 23.2 Å². The zero-order chi connectivity index (χ0) is 29.5. The molecule has 1 saturated heterocycles. The molecule has 11 nitrogen and oxygen atoms in total. The minimum absolute atomic E-state index is 0.0358. The number of likely N-dealkylation sites (tertiary alicyclic amines) is 1. The molecule has 41 heavy (non-hydrogen) atoms. The molecule has 0 radical (unpaired) electrons. The van der Waals surface area contributed by atoms with Gasteiger partial charge in [0.15, 0.2) is 23.0 Å². The molecule has 4 aliphatic rings. The minimum Gasteiger partial charge on any atom is -0.507 e. The largest absolute Gasteiger partial charge is 0.507 e. The smallest absolute Gasteiger partial charge is 0.233 e. The molecule has 1 aliphatic heterocycles. The molecular weight excluding hydrogens is 526 g/mol. The third-order valence-corrected chi connectivity index (χ3v) is 9.77. The Hall–Kier alpha value is -3.67. The second-order valence-electron chi connectivity index (χ2n) is 12.2. The quantitative estimate of drug-likeness (QED) is 0.260. The van der Waals surface area contributed by atoms with Crippen LogP contribution >= 0.6 is 0 Å². The second kappa shape index (κ2) is 9.43. The fourth-order valence-corrected chi connectivity index (χ4v) is 7.76. The molecule has 0 bridgehead atoms. The summed E-state index contributed by atoms with van der Waals surface area (Å²) in [6, 6.07) is 4.77.